The van der Waals surface area contributed by atoms with Crippen molar-refractivity contribution in [2.24, 2.45) is 0 Å². The third-order valence-electron chi connectivity index (χ3n) is 2.25. The first kappa shape index (κ1) is 20.0. The van der Waals surface area contributed by atoms with E-state index in [1.54, 1.807) is 12.1 Å². The monoisotopic (exact) mass is 408 g/mol. The quantitative estimate of drug-likeness (QED) is 0.582. The van der Waals surface area contributed by atoms with Crippen molar-refractivity contribution in [1.82, 2.24) is 0 Å². The Labute approximate surface area is 140 Å². The Bertz CT molecular complexity index is 450. The average molecular weight is 410 g/mol. The Morgan fingerprint density at radius 3 is 1.73 bits per heavy atom. The minimum absolute atomic E-state index is 0.0775. The molecule has 1 aromatic rings. The molecule has 1 aromatic carbocycles. The van der Waals surface area contributed by atoms with Crippen molar-refractivity contribution >= 4 is 8.32 Å². The van der Waals surface area contributed by atoms with E-state index in [2.05, 4.69) is 19.6 Å². The van der Waals surface area contributed by atoms with Crippen molar-refractivity contribution in [3.05, 3.63) is 30.1 Å². The number of benzene rings is 1. The molecule has 22 heavy (non-hydrogen) atoms. The van der Waals surface area contributed by atoms with Gasteiger partial charge >= 0.3 is 141 Å². The van der Waals surface area contributed by atoms with E-state index in [9.17, 15) is 4.39 Å². The fourth-order valence-corrected chi connectivity index (χ4v) is 13.4. The summed E-state index contributed by atoms with van der Waals surface area (Å²) in [6, 6.07) is 5.85. The standard InChI is InChI=1S/C6H5FO.C3H9OSi.2C3H7O.Zr/c7-5-1-3-6(8)4-2-5;1-5(2,3)4;2*1-3(2)4;/h1-4,8H;1-3H3;2*3H,1-2H3;/q;3*-1;+4/p-1. The second-order valence-corrected chi connectivity index (χ2v) is 16.7. The summed E-state index contributed by atoms with van der Waals surface area (Å²) in [6.45, 7) is 13.9. The fourth-order valence-electron chi connectivity index (χ4n) is 1.74. The van der Waals surface area contributed by atoms with Crippen LogP contribution >= 0.6 is 0 Å². The molecular weight excluding hydrogens is 382 g/mol. The van der Waals surface area contributed by atoms with Crippen molar-refractivity contribution in [3.8, 4) is 5.75 Å². The number of hydrogen-bond donors (Lipinski definition) is 0. The first-order valence-electron chi connectivity index (χ1n) is 7.52. The van der Waals surface area contributed by atoms with Crippen LogP contribution in [-0.2, 0) is 30.2 Å². The van der Waals surface area contributed by atoms with E-state index in [4.69, 9.17) is 10.9 Å². The Hall–Kier alpha value is -0.0700. The molecule has 0 heterocycles. The van der Waals surface area contributed by atoms with E-state index in [0.717, 1.165) is 0 Å². The van der Waals surface area contributed by atoms with E-state index >= 15 is 0 Å². The van der Waals surface area contributed by atoms with Gasteiger partial charge in [-0.2, -0.15) is 0 Å². The van der Waals surface area contributed by atoms with Crippen LogP contribution < -0.4 is 2.81 Å². The molecule has 7 heteroatoms. The zero-order valence-corrected chi connectivity index (χ0v) is 17.9. The van der Waals surface area contributed by atoms with Crippen LogP contribution in [0.3, 0.4) is 0 Å². The molecule has 0 N–H and O–H groups in total. The van der Waals surface area contributed by atoms with Gasteiger partial charge in [0.2, 0.25) is 0 Å². The third kappa shape index (κ3) is 7.47. The van der Waals surface area contributed by atoms with E-state index < -0.39 is 30.3 Å². The van der Waals surface area contributed by atoms with Crippen LogP contribution in [-0.4, -0.2) is 20.5 Å². The van der Waals surface area contributed by atoms with Crippen LogP contribution in [0.25, 0.3) is 0 Å². The summed E-state index contributed by atoms with van der Waals surface area (Å²) in [4.78, 5) is 0. The van der Waals surface area contributed by atoms with Gasteiger partial charge in [0.05, 0.1) is 0 Å². The SMILES string of the molecule is CC(C)[O][Zr]([O]c1ccc(F)cc1)([O]C(C)C)[O][Si](C)(C)C. The van der Waals surface area contributed by atoms with Gasteiger partial charge in [0, 0.05) is 0 Å². The zero-order valence-electron chi connectivity index (χ0n) is 14.5. The van der Waals surface area contributed by atoms with Gasteiger partial charge in [0.25, 0.3) is 0 Å². The molecule has 0 saturated heterocycles. The zero-order chi connectivity index (χ0) is 17.0. The Kier molecular flexibility index (Phi) is 7.40. The van der Waals surface area contributed by atoms with Gasteiger partial charge in [-0.1, -0.05) is 0 Å². The molecule has 0 radical (unpaired) electrons. The molecule has 0 aliphatic heterocycles. The van der Waals surface area contributed by atoms with Gasteiger partial charge in [-0.25, -0.2) is 0 Å². The van der Waals surface area contributed by atoms with Crippen LogP contribution in [0.4, 0.5) is 4.39 Å². The molecule has 0 saturated carbocycles. The summed E-state index contributed by atoms with van der Waals surface area (Å²) in [6.07, 6.45) is -0.155. The van der Waals surface area contributed by atoms with Crippen molar-refractivity contribution in [3.63, 3.8) is 0 Å². The summed E-state index contributed by atoms with van der Waals surface area (Å²) in [7, 11) is -1.95. The summed E-state index contributed by atoms with van der Waals surface area (Å²) >= 11 is -4.27. The third-order valence-corrected chi connectivity index (χ3v) is 14.4. The van der Waals surface area contributed by atoms with Crippen molar-refractivity contribution in [1.29, 1.82) is 0 Å². The second-order valence-electron chi connectivity index (χ2n) is 6.60. The first-order valence-corrected chi connectivity index (χ1v) is 14.9. The Morgan fingerprint density at radius 1 is 0.909 bits per heavy atom. The van der Waals surface area contributed by atoms with Crippen LogP contribution in [0.15, 0.2) is 24.3 Å². The molecule has 1 rings (SSSR count). The molecule has 4 nitrogen and oxygen atoms in total. The molecule has 0 atom stereocenters. The number of halogens is 1. The van der Waals surface area contributed by atoms with Crippen LogP contribution in [0.1, 0.15) is 27.7 Å². The summed E-state index contributed by atoms with van der Waals surface area (Å²) in [5.74, 6) is 0.200. The number of hydrogen-bond acceptors (Lipinski definition) is 4. The Balaban J connectivity index is 3.11. The van der Waals surface area contributed by atoms with Crippen molar-refractivity contribution in [2.75, 3.05) is 0 Å². The normalized spacial score (nSPS) is 13.0. The second kappa shape index (κ2) is 8.15. The number of rotatable bonds is 8. The van der Waals surface area contributed by atoms with Gasteiger partial charge in [-0.15, -0.1) is 0 Å². The van der Waals surface area contributed by atoms with E-state index in [1.165, 1.54) is 12.1 Å². The molecule has 0 aliphatic carbocycles. The average Bonchev–Trinajstić information content (AvgIpc) is 2.27. The van der Waals surface area contributed by atoms with Gasteiger partial charge in [-0.3, -0.25) is 0 Å². The van der Waals surface area contributed by atoms with Gasteiger partial charge < -0.3 is 0 Å². The summed E-state index contributed by atoms with van der Waals surface area (Å²) in [5.41, 5.74) is 0. The molecule has 0 aliphatic rings. The minimum atomic E-state index is -4.27. The van der Waals surface area contributed by atoms with E-state index in [1.807, 2.05) is 27.7 Å². The summed E-state index contributed by atoms with van der Waals surface area (Å²) < 4.78 is 37.5. The van der Waals surface area contributed by atoms with E-state index in [0.29, 0.717) is 5.75 Å². The van der Waals surface area contributed by atoms with Crippen LogP contribution in [0.2, 0.25) is 19.6 Å². The van der Waals surface area contributed by atoms with Crippen LogP contribution in [0, 0.1) is 5.82 Å². The van der Waals surface area contributed by atoms with Crippen LogP contribution in [0.5, 0.6) is 5.75 Å². The molecular formula is C15H27FO4SiZr. The first-order chi connectivity index (χ1) is 10.0. The molecule has 0 spiro atoms. The topological polar surface area (TPSA) is 36.9 Å². The predicted octanol–water partition coefficient (Wildman–Crippen LogP) is 4.72. The van der Waals surface area contributed by atoms with Crippen molar-refractivity contribution < 1.29 is 37.4 Å². The van der Waals surface area contributed by atoms with Gasteiger partial charge in [0.1, 0.15) is 0 Å². The molecule has 126 valence electrons. The van der Waals surface area contributed by atoms with E-state index in [-0.39, 0.29) is 18.0 Å². The maximum atomic E-state index is 13.1. The maximum absolute atomic E-state index is 13.1. The molecule has 0 unspecified atom stereocenters. The molecule has 0 aromatic heterocycles. The Morgan fingerprint density at radius 2 is 1.36 bits per heavy atom. The molecule has 0 fully saturated rings. The summed E-state index contributed by atoms with van der Waals surface area (Å²) in [5, 5.41) is 0. The predicted molar refractivity (Wildman–Crippen MR) is 83.9 cm³/mol. The molecule has 0 amide bonds. The molecule has 0 bridgehead atoms. The van der Waals surface area contributed by atoms with Crippen molar-refractivity contribution in [2.45, 2.75) is 59.5 Å². The van der Waals surface area contributed by atoms with Gasteiger partial charge in [0.15, 0.2) is 0 Å². The van der Waals surface area contributed by atoms with Gasteiger partial charge in [-0.05, 0) is 0 Å². The fraction of sp³-hybridized carbons (Fsp3) is 0.600.